The molecule has 1 saturated heterocycles. The standard InChI is InChI=1S/C22H27N3O4S/c1-26-18-5-3-17(4-6-18)19(25-8-10-27-11-9-25)14-24-22(30)23-13-16-2-7-20-21(12-16)29-15-28-20/h2-7,12,19H,8-11,13-15H2,1H3,(H2,23,24,30)/t19-/m0/s1. The molecule has 2 aromatic rings. The lowest BCUT2D eigenvalue weighted by Gasteiger charge is -2.35. The van der Waals surface area contributed by atoms with E-state index in [-0.39, 0.29) is 12.8 Å². The van der Waals surface area contributed by atoms with Crippen LogP contribution < -0.4 is 24.8 Å². The molecule has 0 bridgehead atoms. The van der Waals surface area contributed by atoms with Crippen LogP contribution in [-0.4, -0.2) is 56.8 Å². The maximum absolute atomic E-state index is 5.53. The lowest BCUT2D eigenvalue weighted by atomic mass is 10.0. The molecule has 2 aromatic carbocycles. The molecule has 4 rings (SSSR count). The largest absolute Gasteiger partial charge is 0.497 e. The highest BCUT2D eigenvalue weighted by molar-refractivity contribution is 7.80. The Kier molecular flexibility index (Phi) is 6.88. The molecule has 2 aliphatic heterocycles. The molecule has 8 heteroatoms. The van der Waals surface area contributed by atoms with E-state index in [9.17, 15) is 0 Å². The Morgan fingerprint density at radius 2 is 1.83 bits per heavy atom. The highest BCUT2D eigenvalue weighted by Gasteiger charge is 2.23. The van der Waals surface area contributed by atoms with Crippen LogP contribution in [0.15, 0.2) is 42.5 Å². The number of nitrogens with one attached hydrogen (secondary N) is 2. The number of fused-ring (bicyclic) bond motifs is 1. The summed E-state index contributed by atoms with van der Waals surface area (Å²) in [7, 11) is 1.68. The maximum Gasteiger partial charge on any atom is 0.231 e. The second-order valence-electron chi connectivity index (χ2n) is 7.19. The Balaban J connectivity index is 1.34. The van der Waals surface area contributed by atoms with Crippen molar-refractivity contribution in [2.24, 2.45) is 0 Å². The number of methoxy groups -OCH3 is 1. The van der Waals surface area contributed by atoms with Crippen molar-refractivity contribution < 1.29 is 18.9 Å². The summed E-state index contributed by atoms with van der Waals surface area (Å²) in [6.07, 6.45) is 0. The Bertz CT molecular complexity index is 856. The van der Waals surface area contributed by atoms with Gasteiger partial charge in [0.05, 0.1) is 26.4 Å². The zero-order chi connectivity index (χ0) is 20.8. The van der Waals surface area contributed by atoms with Crippen LogP contribution in [0.1, 0.15) is 17.2 Å². The van der Waals surface area contributed by atoms with Crippen LogP contribution in [0.5, 0.6) is 17.2 Å². The van der Waals surface area contributed by atoms with Gasteiger partial charge in [-0.1, -0.05) is 18.2 Å². The van der Waals surface area contributed by atoms with Gasteiger partial charge < -0.3 is 29.6 Å². The number of nitrogens with zero attached hydrogens (tertiary/aromatic N) is 1. The molecule has 7 nitrogen and oxygen atoms in total. The molecule has 0 spiro atoms. The first-order valence-electron chi connectivity index (χ1n) is 10.1. The van der Waals surface area contributed by atoms with E-state index in [4.69, 9.17) is 31.2 Å². The molecule has 1 fully saturated rings. The van der Waals surface area contributed by atoms with Crippen molar-refractivity contribution in [2.45, 2.75) is 12.6 Å². The lowest BCUT2D eigenvalue weighted by Crippen LogP contribution is -2.45. The molecule has 2 heterocycles. The molecular weight excluding hydrogens is 402 g/mol. The van der Waals surface area contributed by atoms with Crippen LogP contribution in [0.3, 0.4) is 0 Å². The van der Waals surface area contributed by atoms with Crippen LogP contribution in [0.25, 0.3) is 0 Å². The number of thiocarbonyl (C=S) groups is 1. The van der Waals surface area contributed by atoms with Gasteiger partial charge in [-0.15, -0.1) is 0 Å². The van der Waals surface area contributed by atoms with Gasteiger partial charge in [0, 0.05) is 26.2 Å². The Labute approximate surface area is 182 Å². The fraction of sp³-hybridized carbons (Fsp3) is 0.409. The molecule has 0 amide bonds. The average molecular weight is 430 g/mol. The predicted molar refractivity (Wildman–Crippen MR) is 118 cm³/mol. The van der Waals surface area contributed by atoms with E-state index in [2.05, 4.69) is 27.7 Å². The SMILES string of the molecule is COc1ccc([C@H](CNC(=S)NCc2ccc3c(c2)OCO3)N2CCOCC2)cc1. The third-order valence-electron chi connectivity index (χ3n) is 5.33. The van der Waals surface area contributed by atoms with Crippen molar-refractivity contribution in [3.05, 3.63) is 53.6 Å². The van der Waals surface area contributed by atoms with Crippen LogP contribution >= 0.6 is 12.2 Å². The van der Waals surface area contributed by atoms with Gasteiger partial charge in [0.15, 0.2) is 16.6 Å². The Morgan fingerprint density at radius 1 is 1.07 bits per heavy atom. The summed E-state index contributed by atoms with van der Waals surface area (Å²) in [6, 6.07) is 14.3. The van der Waals surface area contributed by atoms with Gasteiger partial charge in [-0.05, 0) is 47.6 Å². The summed E-state index contributed by atoms with van der Waals surface area (Å²) >= 11 is 5.52. The second kappa shape index (κ2) is 9.97. The molecule has 0 unspecified atom stereocenters. The summed E-state index contributed by atoms with van der Waals surface area (Å²) in [5.74, 6) is 2.42. The summed E-state index contributed by atoms with van der Waals surface area (Å²) in [4.78, 5) is 2.43. The fourth-order valence-electron chi connectivity index (χ4n) is 3.66. The predicted octanol–water partition coefficient (Wildman–Crippen LogP) is 2.46. The van der Waals surface area contributed by atoms with Crippen molar-refractivity contribution in [3.8, 4) is 17.2 Å². The lowest BCUT2D eigenvalue weighted by molar-refractivity contribution is 0.0170. The van der Waals surface area contributed by atoms with Crippen LogP contribution in [-0.2, 0) is 11.3 Å². The van der Waals surface area contributed by atoms with Crippen molar-refractivity contribution >= 4 is 17.3 Å². The molecule has 30 heavy (non-hydrogen) atoms. The molecular formula is C22H27N3O4S. The second-order valence-corrected chi connectivity index (χ2v) is 7.60. The molecule has 1 atom stereocenters. The van der Waals surface area contributed by atoms with Gasteiger partial charge in [-0.3, -0.25) is 4.90 Å². The van der Waals surface area contributed by atoms with Gasteiger partial charge in [-0.25, -0.2) is 0 Å². The number of hydrogen-bond acceptors (Lipinski definition) is 6. The summed E-state index contributed by atoms with van der Waals surface area (Å²) in [5, 5.41) is 7.28. The van der Waals surface area contributed by atoms with Crippen molar-refractivity contribution in [2.75, 3.05) is 46.8 Å². The number of rotatable bonds is 7. The summed E-state index contributed by atoms with van der Waals surface area (Å²) in [6.45, 7) is 4.90. The first-order chi connectivity index (χ1) is 14.7. The van der Waals surface area contributed by atoms with E-state index in [1.807, 2.05) is 30.3 Å². The molecule has 2 aliphatic rings. The number of hydrogen-bond donors (Lipinski definition) is 2. The average Bonchev–Trinajstić information content (AvgIpc) is 3.27. The number of benzene rings is 2. The minimum absolute atomic E-state index is 0.199. The van der Waals surface area contributed by atoms with Gasteiger partial charge >= 0.3 is 0 Å². The van der Waals surface area contributed by atoms with E-state index < -0.39 is 0 Å². The normalized spacial score (nSPS) is 16.7. The summed E-state index contributed by atoms with van der Waals surface area (Å²) in [5.41, 5.74) is 2.31. The van der Waals surface area contributed by atoms with Gasteiger partial charge in [0.25, 0.3) is 0 Å². The number of ether oxygens (including phenoxy) is 4. The molecule has 0 aromatic heterocycles. The first-order valence-corrected chi connectivity index (χ1v) is 10.5. The van der Waals surface area contributed by atoms with E-state index in [0.717, 1.165) is 49.1 Å². The molecule has 0 radical (unpaired) electrons. The van der Waals surface area contributed by atoms with Gasteiger partial charge in [0.1, 0.15) is 5.75 Å². The first kappa shape index (κ1) is 20.7. The van der Waals surface area contributed by atoms with Gasteiger partial charge in [-0.2, -0.15) is 0 Å². The van der Waals surface area contributed by atoms with Crippen molar-refractivity contribution in [3.63, 3.8) is 0 Å². The Hall–Kier alpha value is -2.55. The fourth-order valence-corrected chi connectivity index (χ4v) is 3.81. The van der Waals surface area contributed by atoms with E-state index in [1.165, 1.54) is 5.56 Å². The molecule has 2 N–H and O–H groups in total. The monoisotopic (exact) mass is 429 g/mol. The van der Waals surface area contributed by atoms with Crippen LogP contribution in [0, 0.1) is 0 Å². The molecule has 0 aliphatic carbocycles. The van der Waals surface area contributed by atoms with E-state index in [1.54, 1.807) is 7.11 Å². The third kappa shape index (κ3) is 5.13. The molecule has 0 saturated carbocycles. The minimum atomic E-state index is 0.199. The number of morpholine rings is 1. The third-order valence-corrected chi connectivity index (χ3v) is 5.62. The topological polar surface area (TPSA) is 64.2 Å². The maximum atomic E-state index is 5.53. The zero-order valence-corrected chi connectivity index (χ0v) is 17.9. The van der Waals surface area contributed by atoms with Crippen molar-refractivity contribution in [1.82, 2.24) is 15.5 Å². The Morgan fingerprint density at radius 3 is 2.60 bits per heavy atom. The molecule has 160 valence electrons. The minimum Gasteiger partial charge on any atom is -0.497 e. The van der Waals surface area contributed by atoms with E-state index in [0.29, 0.717) is 18.2 Å². The van der Waals surface area contributed by atoms with Crippen molar-refractivity contribution in [1.29, 1.82) is 0 Å². The smallest absolute Gasteiger partial charge is 0.231 e. The van der Waals surface area contributed by atoms with E-state index >= 15 is 0 Å². The highest BCUT2D eigenvalue weighted by atomic mass is 32.1. The quantitative estimate of drug-likeness (QED) is 0.651. The van der Waals surface area contributed by atoms with Gasteiger partial charge in [0.2, 0.25) is 6.79 Å². The zero-order valence-electron chi connectivity index (χ0n) is 17.1. The highest BCUT2D eigenvalue weighted by Crippen LogP contribution is 2.32. The van der Waals surface area contributed by atoms with Crippen LogP contribution in [0.2, 0.25) is 0 Å². The van der Waals surface area contributed by atoms with Crippen LogP contribution in [0.4, 0.5) is 0 Å². The summed E-state index contributed by atoms with van der Waals surface area (Å²) < 4.78 is 21.6.